The van der Waals surface area contributed by atoms with E-state index in [9.17, 15) is 4.79 Å². The van der Waals surface area contributed by atoms with Crippen LogP contribution < -0.4 is 16.0 Å². The van der Waals surface area contributed by atoms with Gasteiger partial charge in [0, 0.05) is 37.3 Å². The van der Waals surface area contributed by atoms with Crippen LogP contribution in [-0.2, 0) is 22.5 Å². The van der Waals surface area contributed by atoms with Gasteiger partial charge < -0.3 is 20.7 Å². The van der Waals surface area contributed by atoms with Crippen LogP contribution >= 0.6 is 11.3 Å². The first-order valence-corrected chi connectivity index (χ1v) is 11.0. The normalized spacial score (nSPS) is 17.7. The molecule has 2 heterocycles. The zero-order valence-electron chi connectivity index (χ0n) is 17.1. The van der Waals surface area contributed by atoms with Gasteiger partial charge in [0.05, 0.1) is 0 Å². The molecule has 3 rings (SSSR count). The van der Waals surface area contributed by atoms with E-state index in [4.69, 9.17) is 4.74 Å². The zero-order chi connectivity index (χ0) is 20.5. The van der Waals surface area contributed by atoms with E-state index in [2.05, 4.69) is 45.4 Å². The third-order valence-corrected chi connectivity index (χ3v) is 5.75. The molecule has 3 N–H and O–H groups in total. The van der Waals surface area contributed by atoms with Crippen LogP contribution in [0.15, 0.2) is 46.8 Å². The second kappa shape index (κ2) is 11.0. The predicted molar refractivity (Wildman–Crippen MR) is 119 cm³/mol. The number of anilines is 1. The van der Waals surface area contributed by atoms with Gasteiger partial charge in [-0.1, -0.05) is 25.1 Å². The summed E-state index contributed by atoms with van der Waals surface area (Å²) in [5, 5.41) is 11.8. The molecule has 2 aromatic rings. The van der Waals surface area contributed by atoms with E-state index in [1.165, 1.54) is 4.88 Å². The fraction of sp³-hybridized carbons (Fsp3) is 0.455. The average Bonchev–Trinajstić information content (AvgIpc) is 3.42. The Balaban J connectivity index is 1.44. The van der Waals surface area contributed by atoms with Gasteiger partial charge in [0.15, 0.2) is 5.96 Å². The smallest absolute Gasteiger partial charge is 0.253 e. The van der Waals surface area contributed by atoms with Crippen LogP contribution in [0.4, 0.5) is 5.69 Å². The van der Waals surface area contributed by atoms with Gasteiger partial charge in [-0.2, -0.15) is 0 Å². The monoisotopic (exact) mass is 414 g/mol. The highest BCUT2D eigenvalue weighted by Crippen LogP contribution is 2.16. The Hall–Kier alpha value is -2.38. The number of nitrogens with one attached hydrogen (secondary N) is 3. The van der Waals surface area contributed by atoms with Crippen LogP contribution in [0.25, 0.3) is 0 Å². The molecule has 1 aliphatic rings. The minimum Gasteiger partial charge on any atom is -0.368 e. The summed E-state index contributed by atoms with van der Waals surface area (Å²) in [6, 6.07) is 12.1. The molecule has 7 heteroatoms. The van der Waals surface area contributed by atoms with Crippen LogP contribution in [0.3, 0.4) is 0 Å². The van der Waals surface area contributed by atoms with Crippen molar-refractivity contribution in [3.63, 3.8) is 0 Å². The Bertz CT molecular complexity index is 801. The predicted octanol–water partition coefficient (Wildman–Crippen LogP) is 3.41. The second-order valence-electron chi connectivity index (χ2n) is 7.39. The number of amides is 1. The van der Waals surface area contributed by atoms with E-state index in [-0.39, 0.29) is 12.0 Å². The molecule has 1 fully saturated rings. The molecule has 6 nitrogen and oxygen atoms in total. The average molecular weight is 415 g/mol. The standard InChI is InChI=1S/C22H30N4O2S/c1-16(12-19-8-5-11-29-19)14-24-22(23-2)25-15-17-6-3-7-18(13-17)26-21(27)20-9-4-10-28-20/h3,5-8,11,13,16,20H,4,9-10,12,14-15H2,1-2H3,(H,26,27)(H2,23,24,25). The van der Waals surface area contributed by atoms with E-state index in [0.29, 0.717) is 19.1 Å². The molecule has 0 aliphatic carbocycles. The van der Waals surface area contributed by atoms with Crippen LogP contribution in [0, 0.1) is 5.92 Å². The zero-order valence-corrected chi connectivity index (χ0v) is 17.9. The topological polar surface area (TPSA) is 74.8 Å². The summed E-state index contributed by atoms with van der Waals surface area (Å²) >= 11 is 1.80. The van der Waals surface area contributed by atoms with E-state index in [1.807, 2.05) is 24.3 Å². The molecule has 0 bridgehead atoms. The second-order valence-corrected chi connectivity index (χ2v) is 8.42. The number of nitrogens with zero attached hydrogens (tertiary/aromatic N) is 1. The number of hydrogen-bond donors (Lipinski definition) is 3. The highest BCUT2D eigenvalue weighted by molar-refractivity contribution is 7.09. The molecule has 0 saturated carbocycles. The van der Waals surface area contributed by atoms with Crippen molar-refractivity contribution in [3.05, 3.63) is 52.2 Å². The molecule has 0 radical (unpaired) electrons. The van der Waals surface area contributed by atoms with E-state index in [0.717, 1.165) is 43.0 Å². The molecule has 2 atom stereocenters. The molecule has 29 heavy (non-hydrogen) atoms. The number of hydrogen-bond acceptors (Lipinski definition) is 4. The van der Waals surface area contributed by atoms with Crippen LogP contribution in [0.5, 0.6) is 0 Å². The van der Waals surface area contributed by atoms with E-state index in [1.54, 1.807) is 18.4 Å². The number of thiophene rings is 1. The number of ether oxygens (including phenoxy) is 1. The van der Waals surface area contributed by atoms with Crippen LogP contribution in [0.1, 0.15) is 30.2 Å². The van der Waals surface area contributed by atoms with Crippen molar-refractivity contribution in [2.45, 2.75) is 38.8 Å². The molecule has 1 saturated heterocycles. The lowest BCUT2D eigenvalue weighted by atomic mass is 10.1. The molecular formula is C22H30N4O2S. The van der Waals surface area contributed by atoms with Crippen molar-refractivity contribution in [2.75, 3.05) is 25.5 Å². The van der Waals surface area contributed by atoms with Crippen molar-refractivity contribution < 1.29 is 9.53 Å². The van der Waals surface area contributed by atoms with Crippen molar-refractivity contribution in [1.29, 1.82) is 0 Å². The maximum absolute atomic E-state index is 12.2. The first-order chi connectivity index (χ1) is 14.1. The summed E-state index contributed by atoms with van der Waals surface area (Å²) in [5.41, 5.74) is 1.86. The largest absolute Gasteiger partial charge is 0.368 e. The lowest BCUT2D eigenvalue weighted by Crippen LogP contribution is -2.39. The van der Waals surface area contributed by atoms with Crippen molar-refractivity contribution in [1.82, 2.24) is 10.6 Å². The summed E-state index contributed by atoms with van der Waals surface area (Å²) in [6.07, 6.45) is 2.48. The maximum Gasteiger partial charge on any atom is 0.253 e. The Labute approximate surface area is 176 Å². The highest BCUT2D eigenvalue weighted by atomic mass is 32.1. The Morgan fingerprint density at radius 2 is 2.21 bits per heavy atom. The molecule has 2 unspecified atom stereocenters. The van der Waals surface area contributed by atoms with Gasteiger partial charge in [-0.25, -0.2) is 0 Å². The fourth-order valence-corrected chi connectivity index (χ4v) is 4.16. The summed E-state index contributed by atoms with van der Waals surface area (Å²) in [4.78, 5) is 17.9. The van der Waals surface area contributed by atoms with Crippen molar-refractivity contribution >= 4 is 28.9 Å². The van der Waals surface area contributed by atoms with Gasteiger partial charge in [0.1, 0.15) is 6.10 Å². The third kappa shape index (κ3) is 6.87. The van der Waals surface area contributed by atoms with Gasteiger partial charge in [-0.15, -0.1) is 11.3 Å². The number of benzene rings is 1. The summed E-state index contributed by atoms with van der Waals surface area (Å²) < 4.78 is 5.44. The van der Waals surface area contributed by atoms with Crippen LogP contribution in [-0.4, -0.2) is 38.2 Å². The number of carbonyl (C=O) groups is 1. The summed E-state index contributed by atoms with van der Waals surface area (Å²) in [6.45, 7) is 4.39. The van der Waals surface area contributed by atoms with Crippen molar-refractivity contribution in [3.8, 4) is 0 Å². The number of guanidine groups is 1. The summed E-state index contributed by atoms with van der Waals surface area (Å²) in [5.74, 6) is 1.23. The van der Waals surface area contributed by atoms with Gasteiger partial charge >= 0.3 is 0 Å². The van der Waals surface area contributed by atoms with Gasteiger partial charge in [0.25, 0.3) is 5.91 Å². The third-order valence-electron chi connectivity index (χ3n) is 4.85. The van der Waals surface area contributed by atoms with E-state index < -0.39 is 0 Å². The van der Waals surface area contributed by atoms with E-state index >= 15 is 0 Å². The van der Waals surface area contributed by atoms with Crippen molar-refractivity contribution in [2.24, 2.45) is 10.9 Å². The lowest BCUT2D eigenvalue weighted by molar-refractivity contribution is -0.124. The van der Waals surface area contributed by atoms with Gasteiger partial charge in [0.2, 0.25) is 0 Å². The highest BCUT2D eigenvalue weighted by Gasteiger charge is 2.23. The number of rotatable bonds is 8. The minimum absolute atomic E-state index is 0.0650. The first kappa shape index (κ1) is 21.3. The molecular weight excluding hydrogens is 384 g/mol. The lowest BCUT2D eigenvalue weighted by Gasteiger charge is -2.16. The molecule has 1 amide bonds. The molecule has 1 aliphatic heterocycles. The number of carbonyl (C=O) groups excluding carboxylic acids is 1. The SMILES string of the molecule is CN=C(NCc1cccc(NC(=O)C2CCCO2)c1)NCC(C)Cc1cccs1. The minimum atomic E-state index is -0.323. The summed E-state index contributed by atoms with van der Waals surface area (Å²) in [7, 11) is 1.78. The molecule has 1 aromatic carbocycles. The first-order valence-electron chi connectivity index (χ1n) is 10.1. The maximum atomic E-state index is 12.2. The molecule has 0 spiro atoms. The van der Waals surface area contributed by atoms with Gasteiger partial charge in [-0.3, -0.25) is 9.79 Å². The molecule has 156 valence electrons. The quantitative estimate of drug-likeness (QED) is 0.457. The molecule has 1 aromatic heterocycles. The Morgan fingerprint density at radius 3 is 2.93 bits per heavy atom. The van der Waals surface area contributed by atoms with Gasteiger partial charge in [-0.05, 0) is 54.3 Å². The Kier molecular flexibility index (Phi) is 8.07. The van der Waals surface area contributed by atoms with Crippen LogP contribution in [0.2, 0.25) is 0 Å². The Morgan fingerprint density at radius 1 is 1.31 bits per heavy atom. The fourth-order valence-electron chi connectivity index (χ4n) is 3.29. The number of aliphatic imine (C=N–C) groups is 1.